The van der Waals surface area contributed by atoms with Gasteiger partial charge < -0.3 is 10.2 Å². The third kappa shape index (κ3) is 3.20. The Labute approximate surface area is 82.6 Å². The lowest BCUT2D eigenvalue weighted by molar-refractivity contribution is 0.124. The van der Waals surface area contributed by atoms with Crippen molar-refractivity contribution in [3.8, 4) is 0 Å². The minimum atomic E-state index is -0.0555. The number of nitrogen functional groups attached to an aromatic ring is 1. The predicted octanol–water partition coefficient (Wildman–Crippen LogP) is 0.887. The summed E-state index contributed by atoms with van der Waals surface area (Å²) < 4.78 is 5.48. The van der Waals surface area contributed by atoms with Crippen LogP contribution in [0, 0.1) is 0 Å². The van der Waals surface area contributed by atoms with Gasteiger partial charge >= 0.3 is 0 Å². The number of rotatable bonds is 3. The summed E-state index contributed by atoms with van der Waals surface area (Å²) in [6, 6.07) is 7.97. The molecule has 1 aromatic rings. The normalized spacial score (nSPS) is 11.8. The fourth-order valence-corrected chi connectivity index (χ4v) is 1.41. The van der Waals surface area contributed by atoms with Gasteiger partial charge in [-0.05, 0) is 38.0 Å². The Morgan fingerprint density at radius 2 is 2.15 bits per heavy atom. The second-order valence-corrected chi connectivity index (χ2v) is 4.29. The third-order valence-electron chi connectivity index (χ3n) is 2.13. The monoisotopic (exact) mass is 195 g/mol. The quantitative estimate of drug-likeness (QED) is 0.574. The molecule has 0 saturated heterocycles. The summed E-state index contributed by atoms with van der Waals surface area (Å²) in [6.45, 7) is 4.20. The second-order valence-electron chi connectivity index (χ2n) is 3.89. The topological polar surface area (TPSA) is 35.2 Å². The molecule has 0 radical (unpaired) electrons. The summed E-state index contributed by atoms with van der Waals surface area (Å²) >= 11 is 0. The summed E-state index contributed by atoms with van der Waals surface area (Å²) in [6.07, 6.45) is 0.918. The van der Waals surface area contributed by atoms with Crippen LogP contribution in [-0.4, -0.2) is 16.1 Å². The minimum absolute atomic E-state index is 0.0555. The molecule has 72 valence electrons. The van der Waals surface area contributed by atoms with Crippen LogP contribution in [0.25, 0.3) is 0 Å². The molecule has 2 nitrogen and oxygen atoms in total. The van der Waals surface area contributed by atoms with Gasteiger partial charge in [0, 0.05) is 5.69 Å². The fraction of sp³-hybridized carbons (Fsp3) is 0.400. The van der Waals surface area contributed by atoms with Crippen LogP contribution in [0.5, 0.6) is 0 Å². The first-order valence-electron chi connectivity index (χ1n) is 4.43. The number of anilines is 1. The van der Waals surface area contributed by atoms with Gasteiger partial charge in [-0.1, -0.05) is 12.1 Å². The molecule has 0 amide bonds. The Kier molecular flexibility index (Phi) is 3.11. The van der Waals surface area contributed by atoms with E-state index >= 15 is 0 Å². The molecular formula is C10H17NOSi. The molecule has 0 heterocycles. The summed E-state index contributed by atoms with van der Waals surface area (Å²) in [5, 5.41) is 0. The van der Waals surface area contributed by atoms with Gasteiger partial charge in [-0.3, -0.25) is 0 Å². The second kappa shape index (κ2) is 3.94. The zero-order valence-corrected chi connectivity index (χ0v) is 10.5. The summed E-state index contributed by atoms with van der Waals surface area (Å²) in [5.74, 6) is 0. The molecule has 0 saturated carbocycles. The average molecular weight is 195 g/mol. The number of nitrogens with two attached hydrogens (primary N) is 1. The Balaban J connectivity index is 2.74. The van der Waals surface area contributed by atoms with E-state index in [1.807, 2.05) is 18.2 Å². The van der Waals surface area contributed by atoms with E-state index in [1.165, 1.54) is 5.56 Å². The molecule has 0 bridgehead atoms. The van der Waals surface area contributed by atoms with E-state index in [4.69, 9.17) is 10.2 Å². The standard InChI is InChI=1S/C10H17NOSi/c1-10(2,12-13)7-8-4-3-5-9(11)6-8/h3-6H,7,11H2,1-2,13H3. The lowest BCUT2D eigenvalue weighted by Crippen LogP contribution is -2.26. The fourth-order valence-electron chi connectivity index (χ4n) is 1.27. The van der Waals surface area contributed by atoms with Crippen molar-refractivity contribution in [1.82, 2.24) is 0 Å². The Morgan fingerprint density at radius 3 is 2.69 bits per heavy atom. The molecule has 0 aliphatic rings. The zero-order valence-electron chi connectivity index (χ0n) is 8.50. The first kappa shape index (κ1) is 10.3. The molecule has 0 aromatic heterocycles. The average Bonchev–Trinajstić information content (AvgIpc) is 2.03. The van der Waals surface area contributed by atoms with Gasteiger partial charge in [0.25, 0.3) is 0 Å². The van der Waals surface area contributed by atoms with Crippen LogP contribution in [0.1, 0.15) is 19.4 Å². The van der Waals surface area contributed by atoms with Crippen LogP contribution >= 0.6 is 0 Å². The molecule has 1 aromatic carbocycles. The first-order valence-corrected chi connectivity index (χ1v) is 5.25. The van der Waals surface area contributed by atoms with Crippen LogP contribution < -0.4 is 5.73 Å². The van der Waals surface area contributed by atoms with Crippen molar-refractivity contribution in [2.45, 2.75) is 25.9 Å². The SMILES string of the molecule is CC(C)(Cc1cccc(N)c1)O[SiH3]. The third-order valence-corrected chi connectivity index (χ3v) is 3.24. The highest BCUT2D eigenvalue weighted by Crippen LogP contribution is 2.17. The van der Waals surface area contributed by atoms with Crippen molar-refractivity contribution in [2.75, 3.05) is 5.73 Å². The molecule has 13 heavy (non-hydrogen) atoms. The van der Waals surface area contributed by atoms with E-state index < -0.39 is 0 Å². The molecule has 0 fully saturated rings. The van der Waals surface area contributed by atoms with Gasteiger partial charge in [0.15, 0.2) is 0 Å². The lowest BCUT2D eigenvalue weighted by Gasteiger charge is -2.23. The highest BCUT2D eigenvalue weighted by molar-refractivity contribution is 5.98. The van der Waals surface area contributed by atoms with Crippen LogP contribution in [0.3, 0.4) is 0 Å². The molecule has 0 aliphatic carbocycles. The summed E-state index contributed by atoms with van der Waals surface area (Å²) in [7, 11) is 0.775. The van der Waals surface area contributed by atoms with Crippen molar-refractivity contribution in [1.29, 1.82) is 0 Å². The molecule has 0 spiro atoms. The smallest absolute Gasteiger partial charge is 0.146 e. The maximum Gasteiger partial charge on any atom is 0.146 e. The van der Waals surface area contributed by atoms with Gasteiger partial charge in [-0.2, -0.15) is 0 Å². The van der Waals surface area contributed by atoms with Crippen molar-refractivity contribution < 1.29 is 4.43 Å². The Hall–Kier alpha value is -0.803. The number of benzene rings is 1. The minimum Gasteiger partial charge on any atom is -0.423 e. The molecular weight excluding hydrogens is 178 g/mol. The molecule has 0 unspecified atom stereocenters. The van der Waals surface area contributed by atoms with Crippen LogP contribution in [-0.2, 0) is 10.8 Å². The maximum atomic E-state index is 5.69. The highest BCUT2D eigenvalue weighted by Gasteiger charge is 2.15. The molecule has 2 N–H and O–H groups in total. The predicted molar refractivity (Wildman–Crippen MR) is 59.7 cm³/mol. The number of hydrogen-bond acceptors (Lipinski definition) is 2. The van der Waals surface area contributed by atoms with E-state index in [0.29, 0.717) is 0 Å². The van der Waals surface area contributed by atoms with E-state index in [-0.39, 0.29) is 5.60 Å². The van der Waals surface area contributed by atoms with Crippen LogP contribution in [0.4, 0.5) is 5.69 Å². The highest BCUT2D eigenvalue weighted by atomic mass is 28.2. The van der Waals surface area contributed by atoms with Gasteiger partial charge in [0.05, 0.1) is 5.60 Å². The Morgan fingerprint density at radius 1 is 1.46 bits per heavy atom. The van der Waals surface area contributed by atoms with Crippen molar-refractivity contribution in [3.05, 3.63) is 29.8 Å². The van der Waals surface area contributed by atoms with E-state index in [1.54, 1.807) is 0 Å². The molecule has 0 atom stereocenters. The molecule has 1 rings (SSSR count). The van der Waals surface area contributed by atoms with E-state index in [2.05, 4.69) is 19.9 Å². The van der Waals surface area contributed by atoms with E-state index in [0.717, 1.165) is 22.6 Å². The summed E-state index contributed by atoms with van der Waals surface area (Å²) in [5.41, 5.74) is 7.69. The van der Waals surface area contributed by atoms with E-state index in [9.17, 15) is 0 Å². The summed E-state index contributed by atoms with van der Waals surface area (Å²) in [4.78, 5) is 0. The first-order chi connectivity index (χ1) is 6.03. The molecule has 0 aliphatic heterocycles. The number of hydrogen-bond donors (Lipinski definition) is 1. The van der Waals surface area contributed by atoms with Gasteiger partial charge in [-0.15, -0.1) is 0 Å². The largest absolute Gasteiger partial charge is 0.423 e. The zero-order chi connectivity index (χ0) is 9.90. The van der Waals surface area contributed by atoms with Gasteiger partial charge in [0.2, 0.25) is 0 Å². The van der Waals surface area contributed by atoms with Gasteiger partial charge in [-0.25, -0.2) is 0 Å². The lowest BCUT2D eigenvalue weighted by atomic mass is 9.98. The maximum absolute atomic E-state index is 5.69. The van der Waals surface area contributed by atoms with Crippen molar-refractivity contribution in [2.24, 2.45) is 0 Å². The van der Waals surface area contributed by atoms with Crippen molar-refractivity contribution >= 4 is 16.2 Å². The van der Waals surface area contributed by atoms with Crippen molar-refractivity contribution in [3.63, 3.8) is 0 Å². The van der Waals surface area contributed by atoms with Crippen LogP contribution in [0.15, 0.2) is 24.3 Å². The molecule has 3 heteroatoms. The van der Waals surface area contributed by atoms with Crippen LogP contribution in [0.2, 0.25) is 0 Å². The van der Waals surface area contributed by atoms with Gasteiger partial charge in [0.1, 0.15) is 10.5 Å². The Bertz CT molecular complexity index is 286.